The van der Waals surface area contributed by atoms with E-state index in [2.05, 4.69) is 10.7 Å². The Morgan fingerprint density at radius 3 is 2.19 bits per heavy atom. The second-order valence-corrected chi connectivity index (χ2v) is 8.28. The van der Waals surface area contributed by atoms with Crippen molar-refractivity contribution < 1.29 is 14.4 Å². The van der Waals surface area contributed by atoms with Gasteiger partial charge in [0.1, 0.15) is 0 Å². The highest BCUT2D eigenvalue weighted by Gasteiger charge is 2.35. The molecule has 0 bridgehead atoms. The van der Waals surface area contributed by atoms with Gasteiger partial charge >= 0.3 is 0 Å². The first-order valence-electron chi connectivity index (χ1n) is 10.2. The van der Waals surface area contributed by atoms with E-state index in [9.17, 15) is 14.4 Å². The largest absolute Gasteiger partial charge is 0.326 e. The molecule has 1 fully saturated rings. The molecule has 1 saturated heterocycles. The standard InChI is InChI=1S/C24H23ClN4O3/c1-15-3-4-16(2)29(15)27-24(32)17-5-9-20(10-6-17)26-23(31)18-13-22(30)28(14-18)21-11-7-19(25)8-12-21/h3-12,18H,13-14H2,1-2H3,(H,26,31)(H,27,32)/t18-/m0/s1. The molecule has 0 unspecified atom stereocenters. The van der Waals surface area contributed by atoms with Gasteiger partial charge in [-0.25, -0.2) is 0 Å². The Bertz CT molecular complexity index is 1150. The number of aromatic nitrogens is 1. The number of anilines is 2. The second-order valence-electron chi connectivity index (χ2n) is 7.84. The maximum atomic E-state index is 12.7. The number of amides is 3. The maximum absolute atomic E-state index is 12.7. The molecule has 8 heteroatoms. The van der Waals surface area contributed by atoms with E-state index in [1.54, 1.807) is 58.1 Å². The molecule has 2 N–H and O–H groups in total. The Hall–Kier alpha value is -3.58. The van der Waals surface area contributed by atoms with E-state index < -0.39 is 5.92 Å². The number of carbonyl (C=O) groups is 3. The molecular weight excluding hydrogens is 428 g/mol. The van der Waals surface area contributed by atoms with E-state index in [0.29, 0.717) is 22.8 Å². The van der Waals surface area contributed by atoms with Crippen LogP contribution in [-0.2, 0) is 9.59 Å². The number of halogens is 1. The molecule has 164 valence electrons. The SMILES string of the molecule is Cc1ccc(C)n1NC(=O)c1ccc(NC(=O)[C@H]2CC(=O)N(c3ccc(Cl)cc3)C2)cc1. The topological polar surface area (TPSA) is 83.4 Å². The Kier molecular flexibility index (Phi) is 6.01. The first kappa shape index (κ1) is 21.6. The third kappa shape index (κ3) is 4.53. The summed E-state index contributed by atoms with van der Waals surface area (Å²) in [6.07, 6.45) is 0.143. The molecule has 0 saturated carbocycles. The number of carbonyl (C=O) groups excluding carboxylic acids is 3. The van der Waals surface area contributed by atoms with Crippen molar-refractivity contribution in [2.75, 3.05) is 22.2 Å². The van der Waals surface area contributed by atoms with Crippen LogP contribution in [0.15, 0.2) is 60.7 Å². The molecule has 2 heterocycles. The normalized spacial score (nSPS) is 15.7. The van der Waals surface area contributed by atoms with E-state index >= 15 is 0 Å². The molecule has 1 atom stereocenters. The molecule has 1 aromatic heterocycles. The summed E-state index contributed by atoms with van der Waals surface area (Å²) in [4.78, 5) is 39.2. The number of aryl methyl sites for hydroxylation is 2. The summed E-state index contributed by atoms with van der Waals surface area (Å²) in [5.41, 5.74) is 6.47. The summed E-state index contributed by atoms with van der Waals surface area (Å²) < 4.78 is 1.72. The average Bonchev–Trinajstić information content (AvgIpc) is 3.32. The highest BCUT2D eigenvalue weighted by molar-refractivity contribution is 6.30. The highest BCUT2D eigenvalue weighted by atomic mass is 35.5. The third-order valence-electron chi connectivity index (χ3n) is 5.53. The molecular formula is C24H23ClN4O3. The summed E-state index contributed by atoms with van der Waals surface area (Å²) >= 11 is 5.91. The summed E-state index contributed by atoms with van der Waals surface area (Å²) in [7, 11) is 0. The monoisotopic (exact) mass is 450 g/mol. The quantitative estimate of drug-likeness (QED) is 0.613. The van der Waals surface area contributed by atoms with Crippen molar-refractivity contribution in [2.24, 2.45) is 5.92 Å². The van der Waals surface area contributed by atoms with Crippen LogP contribution in [0.3, 0.4) is 0 Å². The van der Waals surface area contributed by atoms with Gasteiger partial charge in [-0.05, 0) is 74.5 Å². The van der Waals surface area contributed by atoms with Gasteiger partial charge in [0.25, 0.3) is 5.91 Å². The molecule has 0 spiro atoms. The minimum Gasteiger partial charge on any atom is -0.326 e. The van der Waals surface area contributed by atoms with Crippen LogP contribution in [0.2, 0.25) is 5.02 Å². The van der Waals surface area contributed by atoms with Gasteiger partial charge in [-0.3, -0.25) is 24.5 Å². The number of nitrogens with one attached hydrogen (secondary N) is 2. The molecule has 0 radical (unpaired) electrons. The van der Waals surface area contributed by atoms with E-state index in [4.69, 9.17) is 11.6 Å². The van der Waals surface area contributed by atoms with Gasteiger partial charge < -0.3 is 10.2 Å². The van der Waals surface area contributed by atoms with Gasteiger partial charge in [-0.1, -0.05) is 11.6 Å². The van der Waals surface area contributed by atoms with E-state index in [1.165, 1.54) is 0 Å². The Morgan fingerprint density at radius 1 is 0.938 bits per heavy atom. The summed E-state index contributed by atoms with van der Waals surface area (Å²) in [6, 6.07) is 17.5. The lowest BCUT2D eigenvalue weighted by Gasteiger charge is -2.17. The number of hydrogen-bond donors (Lipinski definition) is 2. The van der Waals surface area contributed by atoms with Crippen LogP contribution in [0.25, 0.3) is 0 Å². The van der Waals surface area contributed by atoms with Gasteiger partial charge in [-0.2, -0.15) is 0 Å². The number of benzene rings is 2. The number of nitrogens with zero attached hydrogens (tertiary/aromatic N) is 2. The zero-order chi connectivity index (χ0) is 22.8. The van der Waals surface area contributed by atoms with Crippen LogP contribution >= 0.6 is 11.6 Å². The van der Waals surface area contributed by atoms with Gasteiger partial charge in [0, 0.05) is 46.3 Å². The second kappa shape index (κ2) is 8.88. The maximum Gasteiger partial charge on any atom is 0.270 e. The van der Waals surface area contributed by atoms with Gasteiger partial charge in [0.2, 0.25) is 11.8 Å². The van der Waals surface area contributed by atoms with Crippen LogP contribution in [0.4, 0.5) is 11.4 Å². The van der Waals surface area contributed by atoms with Crippen molar-refractivity contribution in [2.45, 2.75) is 20.3 Å². The fraction of sp³-hybridized carbons (Fsp3) is 0.208. The lowest BCUT2D eigenvalue weighted by Crippen LogP contribution is -2.28. The van der Waals surface area contributed by atoms with E-state index in [0.717, 1.165) is 17.1 Å². The molecule has 0 aliphatic carbocycles. The minimum atomic E-state index is -0.458. The Labute approximate surface area is 190 Å². The summed E-state index contributed by atoms with van der Waals surface area (Å²) in [5.74, 6) is -1.04. The smallest absolute Gasteiger partial charge is 0.270 e. The molecule has 3 amide bonds. The zero-order valence-electron chi connectivity index (χ0n) is 17.8. The highest BCUT2D eigenvalue weighted by Crippen LogP contribution is 2.27. The fourth-order valence-electron chi connectivity index (χ4n) is 3.71. The lowest BCUT2D eigenvalue weighted by molar-refractivity contribution is -0.122. The van der Waals surface area contributed by atoms with Crippen molar-refractivity contribution in [3.05, 3.63) is 82.6 Å². The molecule has 1 aliphatic heterocycles. The fourth-order valence-corrected chi connectivity index (χ4v) is 3.84. The van der Waals surface area contributed by atoms with Crippen molar-refractivity contribution in [1.29, 1.82) is 0 Å². The molecule has 1 aliphatic rings. The van der Waals surface area contributed by atoms with Crippen LogP contribution < -0.4 is 15.6 Å². The van der Waals surface area contributed by atoms with Crippen molar-refractivity contribution in [3.63, 3.8) is 0 Å². The number of hydrogen-bond acceptors (Lipinski definition) is 3. The van der Waals surface area contributed by atoms with Crippen molar-refractivity contribution in [1.82, 2.24) is 4.68 Å². The van der Waals surface area contributed by atoms with E-state index in [-0.39, 0.29) is 24.1 Å². The summed E-state index contributed by atoms with van der Waals surface area (Å²) in [6.45, 7) is 4.13. The third-order valence-corrected chi connectivity index (χ3v) is 5.79. The van der Waals surface area contributed by atoms with Gasteiger partial charge in [0.15, 0.2) is 0 Å². The summed E-state index contributed by atoms with van der Waals surface area (Å²) in [5, 5.41) is 3.43. The Morgan fingerprint density at radius 2 is 1.56 bits per heavy atom. The van der Waals surface area contributed by atoms with Crippen LogP contribution in [0.5, 0.6) is 0 Å². The van der Waals surface area contributed by atoms with Gasteiger partial charge in [-0.15, -0.1) is 0 Å². The van der Waals surface area contributed by atoms with Crippen LogP contribution in [0, 0.1) is 19.8 Å². The van der Waals surface area contributed by atoms with E-state index in [1.807, 2.05) is 26.0 Å². The zero-order valence-corrected chi connectivity index (χ0v) is 18.5. The van der Waals surface area contributed by atoms with Crippen LogP contribution in [-0.4, -0.2) is 28.9 Å². The first-order valence-corrected chi connectivity index (χ1v) is 10.6. The first-order chi connectivity index (χ1) is 15.3. The van der Waals surface area contributed by atoms with Gasteiger partial charge in [0.05, 0.1) is 5.92 Å². The molecule has 3 aromatic rings. The Balaban J connectivity index is 1.37. The van der Waals surface area contributed by atoms with Crippen LogP contribution in [0.1, 0.15) is 28.2 Å². The predicted octanol–water partition coefficient (Wildman–Crippen LogP) is 4.13. The minimum absolute atomic E-state index is 0.102. The van der Waals surface area contributed by atoms with Crippen molar-refractivity contribution in [3.8, 4) is 0 Å². The predicted molar refractivity (Wildman–Crippen MR) is 125 cm³/mol. The molecule has 2 aromatic carbocycles. The van der Waals surface area contributed by atoms with Crippen molar-refractivity contribution >= 4 is 40.7 Å². The average molecular weight is 451 g/mol. The molecule has 7 nitrogen and oxygen atoms in total. The molecule has 32 heavy (non-hydrogen) atoms. The molecule has 4 rings (SSSR count). The lowest BCUT2D eigenvalue weighted by atomic mass is 10.1. The number of rotatable bonds is 5.